The van der Waals surface area contributed by atoms with Crippen LogP contribution in [0.25, 0.3) is 11.2 Å². The summed E-state index contributed by atoms with van der Waals surface area (Å²) in [6, 6.07) is 0. The van der Waals surface area contributed by atoms with Crippen molar-refractivity contribution in [1.82, 2.24) is 30.2 Å². The van der Waals surface area contributed by atoms with Crippen molar-refractivity contribution in [3.05, 3.63) is 49.1 Å². The smallest absolute Gasteiger partial charge is 0.393 e. The van der Waals surface area contributed by atoms with Crippen LogP contribution in [0.1, 0.15) is 91.2 Å². The SMILES string of the molecule is CC/C=C\C/C=C\C/C=C\CCCCCC(O)CC(=O)SCCNC(=O)CCNC(=O)[C@H](O)C(C)(C)COP(=O)(O)OP(=O)(O)OC[C@H]1O[C@@H](n2cnc3c(N)ncnc32)[C@H](O)[C@@H]1OP(=O)(O)O. The summed E-state index contributed by atoms with van der Waals surface area (Å²) in [5.41, 5.74) is 4.24. The number of aromatic nitrogens is 4. The third-order valence-electron chi connectivity index (χ3n) is 9.86. The number of nitrogen functional groups attached to an aromatic ring is 1. The molecule has 0 spiro atoms. The van der Waals surface area contributed by atoms with Gasteiger partial charge in [0.2, 0.25) is 11.8 Å². The second kappa shape index (κ2) is 28.6. The number of hydrogen-bond acceptors (Lipinski definition) is 19. The molecule has 0 aromatic carbocycles. The number of hydrogen-bond donors (Lipinski definition) is 10. The molecule has 1 fully saturated rings. The number of aliphatic hydroxyl groups is 3. The Morgan fingerprint density at radius 1 is 0.941 bits per heavy atom. The van der Waals surface area contributed by atoms with Gasteiger partial charge in [0.15, 0.2) is 22.8 Å². The average molecular weight is 1040 g/mol. The van der Waals surface area contributed by atoms with E-state index in [-0.39, 0.29) is 53.8 Å². The zero-order valence-electron chi connectivity index (χ0n) is 37.9. The van der Waals surface area contributed by atoms with Gasteiger partial charge in [-0.25, -0.2) is 28.6 Å². The highest BCUT2D eigenvalue weighted by Crippen LogP contribution is 2.61. The van der Waals surface area contributed by atoms with E-state index in [0.717, 1.165) is 73.9 Å². The van der Waals surface area contributed by atoms with Gasteiger partial charge in [-0.05, 0) is 38.5 Å². The quantitative estimate of drug-likeness (QED) is 0.0286. The maximum Gasteiger partial charge on any atom is 0.481 e. The molecule has 384 valence electrons. The predicted molar refractivity (Wildman–Crippen MR) is 248 cm³/mol. The van der Waals surface area contributed by atoms with Gasteiger partial charge in [-0.15, -0.1) is 0 Å². The van der Waals surface area contributed by atoms with Crippen LogP contribution in [0.15, 0.2) is 49.1 Å². The highest BCUT2D eigenvalue weighted by Gasteiger charge is 2.50. The fourth-order valence-electron chi connectivity index (χ4n) is 6.29. The number of ether oxygens (including phenoxy) is 1. The molecule has 2 amide bonds. The lowest BCUT2D eigenvalue weighted by Crippen LogP contribution is -2.46. The van der Waals surface area contributed by atoms with Crippen LogP contribution in [0.4, 0.5) is 5.82 Å². The van der Waals surface area contributed by atoms with Gasteiger partial charge in [-0.2, -0.15) is 4.31 Å². The van der Waals surface area contributed by atoms with E-state index in [1.807, 2.05) is 0 Å². The van der Waals surface area contributed by atoms with Crippen molar-refractivity contribution in [2.45, 2.75) is 122 Å². The van der Waals surface area contributed by atoms with Gasteiger partial charge in [0.25, 0.3) is 0 Å². The Labute approximate surface area is 397 Å². The second-order valence-electron chi connectivity index (χ2n) is 16.1. The summed E-state index contributed by atoms with van der Waals surface area (Å²) in [4.78, 5) is 88.4. The normalized spacial score (nSPS) is 20.8. The number of phosphoric acid groups is 3. The van der Waals surface area contributed by atoms with Crippen LogP contribution in [-0.2, 0) is 50.7 Å². The number of nitrogens with one attached hydrogen (secondary N) is 2. The molecule has 25 nitrogen and oxygen atoms in total. The lowest BCUT2D eigenvalue weighted by molar-refractivity contribution is -0.137. The monoisotopic (exact) mass is 1040 g/mol. The molecule has 3 heterocycles. The molecular weight excluding hydrogens is 979 g/mol. The third kappa shape index (κ3) is 21.4. The number of phosphoric ester groups is 3. The van der Waals surface area contributed by atoms with Gasteiger partial charge in [0.1, 0.15) is 36.3 Å². The molecule has 0 bridgehead atoms. The second-order valence-corrected chi connectivity index (χ2v) is 21.5. The van der Waals surface area contributed by atoms with Crippen molar-refractivity contribution < 1.29 is 85.6 Å². The number of amides is 2. The van der Waals surface area contributed by atoms with Crippen LogP contribution in [0.5, 0.6) is 0 Å². The first kappa shape index (κ1) is 59.1. The number of allylic oxidation sites excluding steroid dienone is 6. The van der Waals surface area contributed by atoms with Crippen LogP contribution in [-0.4, -0.2) is 134 Å². The molecule has 1 aliphatic heterocycles. The summed E-state index contributed by atoms with van der Waals surface area (Å²) in [6.07, 6.45) is 12.2. The van der Waals surface area contributed by atoms with Gasteiger partial charge >= 0.3 is 23.5 Å². The molecule has 3 unspecified atom stereocenters. The fourth-order valence-corrected chi connectivity index (χ4v) is 9.86. The van der Waals surface area contributed by atoms with E-state index >= 15 is 0 Å². The van der Waals surface area contributed by atoms with Crippen LogP contribution in [0.3, 0.4) is 0 Å². The molecule has 0 aliphatic carbocycles. The molecule has 29 heteroatoms. The summed E-state index contributed by atoms with van der Waals surface area (Å²) < 4.78 is 62.4. The zero-order valence-corrected chi connectivity index (χ0v) is 41.4. The first-order valence-electron chi connectivity index (χ1n) is 21.6. The summed E-state index contributed by atoms with van der Waals surface area (Å²) in [6.45, 7) is 2.47. The van der Waals surface area contributed by atoms with Crippen molar-refractivity contribution >= 4 is 69.1 Å². The van der Waals surface area contributed by atoms with Gasteiger partial charge < -0.3 is 56.0 Å². The van der Waals surface area contributed by atoms with E-state index in [9.17, 15) is 63.0 Å². The summed E-state index contributed by atoms with van der Waals surface area (Å²) in [7, 11) is -16.4. The third-order valence-corrected chi connectivity index (χ3v) is 13.9. The Kier molecular flexibility index (Phi) is 24.8. The van der Waals surface area contributed by atoms with Crippen molar-refractivity contribution in [3.8, 4) is 0 Å². The molecular formula is C39H64N7O18P3S. The average Bonchev–Trinajstić information content (AvgIpc) is 3.82. The van der Waals surface area contributed by atoms with E-state index < -0.39 is 90.7 Å². The first-order valence-corrected chi connectivity index (χ1v) is 27.1. The van der Waals surface area contributed by atoms with Crippen molar-refractivity contribution in [2.75, 3.05) is 37.8 Å². The molecule has 11 N–H and O–H groups in total. The van der Waals surface area contributed by atoms with Crippen molar-refractivity contribution in [2.24, 2.45) is 5.41 Å². The van der Waals surface area contributed by atoms with E-state index in [4.69, 9.17) is 19.5 Å². The molecule has 0 radical (unpaired) electrons. The number of rotatable bonds is 32. The fraction of sp³-hybridized carbons (Fsp3) is 0.641. The largest absolute Gasteiger partial charge is 0.481 e. The number of nitrogens with zero attached hydrogens (tertiary/aromatic N) is 4. The summed E-state index contributed by atoms with van der Waals surface area (Å²) in [5.74, 6) is -1.25. The highest BCUT2D eigenvalue weighted by atomic mass is 32.2. The lowest BCUT2D eigenvalue weighted by atomic mass is 9.87. The minimum absolute atomic E-state index is 0.000178. The Morgan fingerprint density at radius 3 is 2.31 bits per heavy atom. The minimum Gasteiger partial charge on any atom is -0.393 e. The number of nitrogens with two attached hydrogens (primary N) is 1. The number of thioether (sulfide) groups is 1. The Hall–Kier alpha value is -3.26. The first-order chi connectivity index (χ1) is 31.9. The molecule has 1 saturated heterocycles. The summed E-state index contributed by atoms with van der Waals surface area (Å²) >= 11 is 0.982. The van der Waals surface area contributed by atoms with Gasteiger partial charge in [-0.1, -0.05) is 81.8 Å². The molecule has 0 saturated carbocycles. The van der Waals surface area contributed by atoms with E-state index in [2.05, 4.69) is 77.8 Å². The highest BCUT2D eigenvalue weighted by molar-refractivity contribution is 8.13. The number of carbonyl (C=O) groups is 3. The number of carbonyl (C=O) groups excluding carboxylic acids is 3. The van der Waals surface area contributed by atoms with E-state index in [0.29, 0.717) is 6.42 Å². The van der Waals surface area contributed by atoms with Gasteiger partial charge in [-0.3, -0.25) is 32.5 Å². The standard InChI is InChI=1S/C39H64N7O18P3S/c1-4-5-6-7-8-9-10-11-12-13-14-15-16-17-27(47)22-30(49)68-21-20-41-29(48)18-19-42-37(52)34(51)39(2,3)24-61-67(58,59)64-66(56,57)60-23-28-33(63-65(53,54)55)32(50)38(62-28)46-26-45-31-35(40)43-25-44-36(31)46/h5-6,8-9,11-12,25-28,32-34,38,47,50-51H,4,7,10,13-24H2,1-3H3,(H,41,48)(H,42,52)(H,56,57)(H,58,59)(H2,40,43,44)(H2,53,54,55)/b6-5-,9-8-,12-11-/t27?,28-,32-,33-,34+,38-/m1/s1. The number of imidazole rings is 1. The van der Waals surface area contributed by atoms with Gasteiger partial charge in [0.05, 0.1) is 25.6 Å². The molecule has 8 atom stereocenters. The maximum absolute atomic E-state index is 12.7. The molecule has 2 aromatic heterocycles. The number of aliphatic hydroxyl groups excluding tert-OH is 3. The van der Waals surface area contributed by atoms with Gasteiger partial charge in [0, 0.05) is 37.1 Å². The lowest BCUT2D eigenvalue weighted by Gasteiger charge is -2.30. The topological polar surface area (TPSA) is 384 Å². The Bertz CT molecular complexity index is 2180. The minimum atomic E-state index is -5.59. The van der Waals surface area contributed by atoms with E-state index in [1.54, 1.807) is 0 Å². The maximum atomic E-state index is 12.7. The molecule has 2 aromatic rings. The molecule has 68 heavy (non-hydrogen) atoms. The zero-order chi connectivity index (χ0) is 50.5. The Balaban J connectivity index is 1.33. The predicted octanol–water partition coefficient (Wildman–Crippen LogP) is 3.23. The van der Waals surface area contributed by atoms with Crippen LogP contribution < -0.4 is 16.4 Å². The Morgan fingerprint density at radius 2 is 1.62 bits per heavy atom. The summed E-state index contributed by atoms with van der Waals surface area (Å²) in [5, 5.41) is 36.5. The number of unbranched alkanes of at least 4 members (excludes halogenated alkanes) is 3. The number of fused-ring (bicyclic) bond motifs is 1. The van der Waals surface area contributed by atoms with Crippen LogP contribution in [0, 0.1) is 5.41 Å². The van der Waals surface area contributed by atoms with Crippen molar-refractivity contribution in [1.29, 1.82) is 0 Å². The van der Waals surface area contributed by atoms with Crippen LogP contribution >= 0.6 is 35.2 Å². The van der Waals surface area contributed by atoms with E-state index in [1.165, 1.54) is 13.8 Å². The number of anilines is 1. The molecule has 3 rings (SSSR count). The van der Waals surface area contributed by atoms with Crippen LogP contribution in [0.2, 0.25) is 0 Å². The van der Waals surface area contributed by atoms with Crippen molar-refractivity contribution in [3.63, 3.8) is 0 Å². The molecule has 1 aliphatic rings.